The number of rotatable bonds is 2. The summed E-state index contributed by atoms with van der Waals surface area (Å²) in [4.78, 5) is 0. The maximum Gasteiger partial charge on any atom is 0.504 e. The summed E-state index contributed by atoms with van der Waals surface area (Å²) >= 11 is 0. The van der Waals surface area contributed by atoms with Crippen molar-refractivity contribution in [2.45, 2.75) is 0 Å². The molecule has 3 aromatic carbocycles. The fraction of sp³-hybridized carbons (Fsp3) is 0. The molecule has 0 aliphatic carbocycles. The second kappa shape index (κ2) is 4.29. The molecule has 0 saturated heterocycles. The van der Waals surface area contributed by atoms with Gasteiger partial charge in [-0.1, -0.05) is 42.5 Å². The van der Waals surface area contributed by atoms with E-state index in [1.165, 1.54) is 5.39 Å². The number of fused-ring (bicyclic) bond motifs is 5. The van der Waals surface area contributed by atoms with Crippen molar-refractivity contribution in [2.75, 3.05) is 0 Å². The lowest BCUT2D eigenvalue weighted by molar-refractivity contribution is 0.451. The number of benzene rings is 3. The molecule has 3 nitrogen and oxygen atoms in total. The molecule has 4 rings (SSSR count). The van der Waals surface area contributed by atoms with Crippen molar-refractivity contribution in [1.82, 2.24) is 0 Å². The molecule has 4 heteroatoms. The van der Waals surface area contributed by atoms with E-state index in [1.54, 1.807) is 6.07 Å². The fourth-order valence-corrected chi connectivity index (χ4v) is 2.73. The van der Waals surface area contributed by atoms with Gasteiger partial charge in [-0.05, 0) is 22.9 Å². The van der Waals surface area contributed by atoms with Gasteiger partial charge in [0.15, 0.2) is 5.58 Å². The van der Waals surface area contributed by atoms with Gasteiger partial charge in [-0.3, -0.25) is 0 Å². The van der Waals surface area contributed by atoms with Crippen molar-refractivity contribution >= 4 is 40.4 Å². The zero-order chi connectivity index (χ0) is 13.5. The first-order valence-corrected chi connectivity index (χ1v) is 6.45. The molecular weight excluding hydrogens is 251 g/mol. The SMILES string of the molecule is OBOc1cccc2c1oc1ccc3ccccc3c12. The van der Waals surface area contributed by atoms with Crippen LogP contribution in [0.5, 0.6) is 5.75 Å². The van der Waals surface area contributed by atoms with Crippen molar-refractivity contribution < 1.29 is 14.1 Å². The first-order chi connectivity index (χ1) is 9.88. The second-order valence-electron chi connectivity index (χ2n) is 4.67. The lowest BCUT2D eigenvalue weighted by Gasteiger charge is -2.01. The minimum atomic E-state index is -0.364. The highest BCUT2D eigenvalue weighted by Gasteiger charge is 2.13. The molecule has 96 valence electrons. The van der Waals surface area contributed by atoms with Gasteiger partial charge in [0.1, 0.15) is 11.3 Å². The largest absolute Gasteiger partial charge is 0.536 e. The summed E-state index contributed by atoms with van der Waals surface area (Å²) in [6.45, 7) is 0. The first-order valence-electron chi connectivity index (χ1n) is 6.45. The molecule has 1 aromatic heterocycles. The minimum absolute atomic E-state index is 0.364. The highest BCUT2D eigenvalue weighted by Crippen LogP contribution is 2.38. The average Bonchev–Trinajstić information content (AvgIpc) is 2.88. The zero-order valence-corrected chi connectivity index (χ0v) is 10.7. The quantitative estimate of drug-likeness (QED) is 0.563. The molecule has 0 aliphatic rings. The van der Waals surface area contributed by atoms with Gasteiger partial charge in [-0.15, -0.1) is 0 Å². The van der Waals surface area contributed by atoms with Gasteiger partial charge in [0, 0.05) is 10.8 Å². The second-order valence-corrected chi connectivity index (χ2v) is 4.67. The van der Waals surface area contributed by atoms with Gasteiger partial charge in [-0.25, -0.2) is 0 Å². The maximum atomic E-state index is 8.96. The average molecular weight is 262 g/mol. The Kier molecular flexibility index (Phi) is 2.44. The molecule has 0 spiro atoms. The monoisotopic (exact) mass is 262 g/mol. The Morgan fingerprint density at radius 3 is 2.65 bits per heavy atom. The van der Waals surface area contributed by atoms with Crippen LogP contribution in [0.3, 0.4) is 0 Å². The molecule has 0 radical (unpaired) electrons. The zero-order valence-electron chi connectivity index (χ0n) is 10.7. The Hall–Kier alpha value is -2.46. The van der Waals surface area contributed by atoms with Crippen LogP contribution >= 0.6 is 0 Å². The Labute approximate surface area is 115 Å². The Morgan fingerprint density at radius 1 is 0.900 bits per heavy atom. The van der Waals surface area contributed by atoms with E-state index in [0.717, 1.165) is 21.7 Å². The highest BCUT2D eigenvalue weighted by molar-refractivity contribution is 6.21. The maximum absolute atomic E-state index is 8.96. The van der Waals surface area contributed by atoms with Crippen LogP contribution in [-0.2, 0) is 0 Å². The van der Waals surface area contributed by atoms with Gasteiger partial charge in [0.05, 0.1) is 0 Å². The third kappa shape index (κ3) is 1.52. The van der Waals surface area contributed by atoms with E-state index in [-0.39, 0.29) is 7.69 Å². The number of hydrogen-bond acceptors (Lipinski definition) is 3. The molecule has 20 heavy (non-hydrogen) atoms. The molecular formula is C16H11BO3. The summed E-state index contributed by atoms with van der Waals surface area (Å²) in [5.74, 6) is 0.560. The van der Waals surface area contributed by atoms with Crippen molar-refractivity contribution in [1.29, 1.82) is 0 Å². The van der Waals surface area contributed by atoms with E-state index in [0.29, 0.717) is 11.3 Å². The molecule has 0 saturated carbocycles. The van der Waals surface area contributed by atoms with Gasteiger partial charge < -0.3 is 14.1 Å². The van der Waals surface area contributed by atoms with E-state index in [1.807, 2.05) is 36.4 Å². The summed E-state index contributed by atoms with van der Waals surface area (Å²) in [7, 11) is -0.364. The summed E-state index contributed by atoms with van der Waals surface area (Å²) < 4.78 is 11.1. The predicted molar refractivity (Wildman–Crippen MR) is 81.2 cm³/mol. The normalized spacial score (nSPS) is 11.2. The summed E-state index contributed by atoms with van der Waals surface area (Å²) in [6.07, 6.45) is 0. The molecule has 4 aromatic rings. The van der Waals surface area contributed by atoms with Crippen LogP contribution in [0, 0.1) is 0 Å². The van der Waals surface area contributed by atoms with Gasteiger partial charge in [0.2, 0.25) is 0 Å². The van der Waals surface area contributed by atoms with Crippen LogP contribution in [-0.4, -0.2) is 12.7 Å². The van der Waals surface area contributed by atoms with Crippen molar-refractivity contribution in [3.05, 3.63) is 54.6 Å². The predicted octanol–water partition coefficient (Wildman–Crippen LogP) is 3.38. The molecule has 0 unspecified atom stereocenters. The summed E-state index contributed by atoms with van der Waals surface area (Å²) in [5.41, 5.74) is 1.50. The van der Waals surface area contributed by atoms with Crippen LogP contribution in [0.2, 0.25) is 0 Å². The Bertz CT molecular complexity index is 927. The van der Waals surface area contributed by atoms with E-state index < -0.39 is 0 Å². The Balaban J connectivity index is 2.20. The van der Waals surface area contributed by atoms with E-state index in [2.05, 4.69) is 12.1 Å². The third-order valence-electron chi connectivity index (χ3n) is 3.57. The molecule has 0 fully saturated rings. The standard InChI is InChI=1S/C16H11BO3/c18-17-20-14-7-3-6-12-15-11-5-2-1-4-10(11)8-9-13(15)19-16(12)14/h1-9,17-18H. The fourth-order valence-electron chi connectivity index (χ4n) is 2.73. The molecule has 1 heterocycles. The van der Waals surface area contributed by atoms with Crippen molar-refractivity contribution in [3.8, 4) is 5.75 Å². The Morgan fingerprint density at radius 2 is 1.75 bits per heavy atom. The van der Waals surface area contributed by atoms with Gasteiger partial charge in [-0.2, -0.15) is 0 Å². The number of para-hydroxylation sites is 1. The van der Waals surface area contributed by atoms with Crippen molar-refractivity contribution in [2.24, 2.45) is 0 Å². The minimum Gasteiger partial charge on any atom is -0.536 e. The van der Waals surface area contributed by atoms with Crippen molar-refractivity contribution in [3.63, 3.8) is 0 Å². The number of hydrogen-bond donors (Lipinski definition) is 1. The van der Waals surface area contributed by atoms with Crippen LogP contribution in [0.1, 0.15) is 0 Å². The lowest BCUT2D eigenvalue weighted by atomic mass is 10.0. The highest BCUT2D eigenvalue weighted by atomic mass is 16.5. The summed E-state index contributed by atoms with van der Waals surface area (Å²) in [5, 5.41) is 13.4. The van der Waals surface area contributed by atoms with E-state index in [9.17, 15) is 0 Å². The van der Waals surface area contributed by atoms with Gasteiger partial charge >= 0.3 is 7.69 Å². The van der Waals surface area contributed by atoms with Crippen LogP contribution in [0.25, 0.3) is 32.7 Å². The van der Waals surface area contributed by atoms with E-state index >= 15 is 0 Å². The molecule has 0 atom stereocenters. The molecule has 0 aliphatic heterocycles. The number of furan rings is 1. The molecule has 0 bridgehead atoms. The van der Waals surface area contributed by atoms with Gasteiger partial charge in [0.25, 0.3) is 0 Å². The first kappa shape index (κ1) is 11.4. The van der Waals surface area contributed by atoms with Crippen LogP contribution < -0.4 is 4.65 Å². The third-order valence-corrected chi connectivity index (χ3v) is 3.57. The van der Waals surface area contributed by atoms with Crippen LogP contribution in [0.15, 0.2) is 59.0 Å². The molecule has 0 amide bonds. The molecule has 1 N–H and O–H groups in total. The topological polar surface area (TPSA) is 42.6 Å². The van der Waals surface area contributed by atoms with Crippen LogP contribution in [0.4, 0.5) is 0 Å². The lowest BCUT2D eigenvalue weighted by Crippen LogP contribution is -1.99. The summed E-state index contributed by atoms with van der Waals surface area (Å²) in [6, 6.07) is 18.0. The smallest absolute Gasteiger partial charge is 0.504 e. The van der Waals surface area contributed by atoms with E-state index in [4.69, 9.17) is 14.1 Å².